The highest BCUT2D eigenvalue weighted by Crippen LogP contribution is 2.35. The molecule has 1 saturated heterocycles. The number of pyridine rings is 1. The van der Waals surface area contributed by atoms with Crippen LogP contribution >= 0.6 is 0 Å². The summed E-state index contributed by atoms with van der Waals surface area (Å²) in [5, 5.41) is 4.88. The van der Waals surface area contributed by atoms with Crippen molar-refractivity contribution in [3.05, 3.63) is 71.7 Å². The molecule has 2 fully saturated rings. The molecule has 2 aliphatic rings. The molecular weight excluding hydrogens is 548 g/mol. The first-order valence-electron chi connectivity index (χ1n) is 12.5. The van der Waals surface area contributed by atoms with E-state index in [2.05, 4.69) is 15.6 Å². The molecule has 1 aliphatic heterocycles. The van der Waals surface area contributed by atoms with Gasteiger partial charge in [0.1, 0.15) is 17.7 Å². The third-order valence-corrected chi connectivity index (χ3v) is 5.99. The number of hydrogen-bond donors (Lipinski definition) is 2. The maximum Gasteiger partial charge on any atom is 0.416 e. The molecule has 1 unspecified atom stereocenters. The molecule has 2 aromatic carbocycles. The first kappa shape index (κ1) is 29.3. The minimum atomic E-state index is -4.58. The number of benzene rings is 2. The zero-order valence-electron chi connectivity index (χ0n) is 22.0. The van der Waals surface area contributed by atoms with E-state index in [4.69, 9.17) is 9.47 Å². The van der Waals surface area contributed by atoms with E-state index in [-0.39, 0.29) is 41.9 Å². The number of carbonyl (C=O) groups excluding carboxylic acids is 3. The largest absolute Gasteiger partial charge is 0.454 e. The Morgan fingerprint density at radius 2 is 1.90 bits per heavy atom. The van der Waals surface area contributed by atoms with E-state index in [1.165, 1.54) is 18.3 Å². The fraction of sp³-hybridized carbons (Fsp3) is 0.286. The maximum atomic E-state index is 13.8. The van der Waals surface area contributed by atoms with Crippen molar-refractivity contribution in [2.75, 3.05) is 22.1 Å². The van der Waals surface area contributed by atoms with E-state index >= 15 is 0 Å². The predicted octanol–water partition coefficient (Wildman–Crippen LogP) is 6.29. The molecule has 2 heterocycles. The molecule has 3 amide bonds. The van der Waals surface area contributed by atoms with Gasteiger partial charge in [0.25, 0.3) is 0 Å². The Kier molecular flexibility index (Phi) is 8.74. The second-order valence-corrected chi connectivity index (χ2v) is 9.51. The molecule has 5 rings (SSSR count). The molecule has 1 atom stereocenters. The van der Waals surface area contributed by atoms with Gasteiger partial charge in [-0.25, -0.2) is 14.2 Å². The van der Waals surface area contributed by atoms with Gasteiger partial charge in [0.15, 0.2) is 11.6 Å². The number of nitrogens with one attached hydrogen (secondary N) is 2. The minimum Gasteiger partial charge on any atom is -0.454 e. The molecule has 1 aliphatic carbocycles. The van der Waals surface area contributed by atoms with E-state index in [9.17, 15) is 31.9 Å². The van der Waals surface area contributed by atoms with Crippen molar-refractivity contribution >= 4 is 35.6 Å². The van der Waals surface area contributed by atoms with Crippen LogP contribution in [0.25, 0.3) is 0 Å². The van der Waals surface area contributed by atoms with Gasteiger partial charge in [-0.05, 0) is 68.7 Å². The molecule has 3 aromatic rings. The van der Waals surface area contributed by atoms with Crippen LogP contribution in [0, 0.1) is 18.7 Å². The lowest BCUT2D eigenvalue weighted by atomic mass is 10.1. The van der Waals surface area contributed by atoms with Crippen LogP contribution in [0.5, 0.6) is 11.5 Å². The second-order valence-electron chi connectivity index (χ2n) is 9.51. The average Bonchev–Trinajstić information content (AvgIpc) is 3.70. The van der Waals surface area contributed by atoms with Gasteiger partial charge in [-0.15, -0.1) is 0 Å². The molecule has 2 N–H and O–H groups in total. The van der Waals surface area contributed by atoms with Gasteiger partial charge in [-0.3, -0.25) is 14.5 Å². The van der Waals surface area contributed by atoms with Crippen molar-refractivity contribution in [3.8, 4) is 11.5 Å². The maximum absolute atomic E-state index is 13.8. The number of amides is 3. The van der Waals surface area contributed by atoms with Crippen molar-refractivity contribution in [2.45, 2.75) is 39.0 Å². The highest BCUT2D eigenvalue weighted by molar-refractivity contribution is 5.93. The Hall–Kier alpha value is -4.68. The van der Waals surface area contributed by atoms with Crippen molar-refractivity contribution in [1.29, 1.82) is 0 Å². The molecule has 1 aromatic heterocycles. The molecule has 9 nitrogen and oxygen atoms in total. The lowest BCUT2D eigenvalue weighted by Gasteiger charge is -2.17. The number of nitrogens with zero attached hydrogens (tertiary/aromatic N) is 2. The average molecular weight is 575 g/mol. The van der Waals surface area contributed by atoms with E-state index in [1.54, 1.807) is 31.2 Å². The molecule has 0 spiro atoms. The zero-order valence-corrected chi connectivity index (χ0v) is 22.0. The number of ether oxygens (including phenoxy) is 2. The van der Waals surface area contributed by atoms with Crippen LogP contribution in [-0.2, 0) is 20.5 Å². The van der Waals surface area contributed by atoms with E-state index in [0.717, 1.165) is 35.4 Å². The summed E-state index contributed by atoms with van der Waals surface area (Å²) in [7, 11) is 0. The van der Waals surface area contributed by atoms with Gasteiger partial charge in [0.2, 0.25) is 12.3 Å². The van der Waals surface area contributed by atoms with Crippen molar-refractivity contribution in [2.24, 2.45) is 5.92 Å². The summed E-state index contributed by atoms with van der Waals surface area (Å²) in [6.45, 7) is 3.60. The SMILES string of the molecule is CC1CN(c2cc(NC=O)cc(C(F)(F)F)c2)C(=O)O1.Cc1ccc(Oc2ccnc(NC(=O)C3CC3)c2)c(F)c1. The van der Waals surface area contributed by atoms with Crippen LogP contribution in [0.2, 0.25) is 0 Å². The Bertz CT molecular complexity index is 1450. The summed E-state index contributed by atoms with van der Waals surface area (Å²) >= 11 is 0. The van der Waals surface area contributed by atoms with Gasteiger partial charge in [0.05, 0.1) is 12.1 Å². The Labute approximate surface area is 232 Å². The molecule has 41 heavy (non-hydrogen) atoms. The standard InChI is InChI=1S/C16H15FN2O2.C12H11F3N2O3/c1-10-2-5-14(13(17)8-10)21-12-6-7-18-15(9-12)19-16(20)11-3-4-11;1-7-5-17(11(19)20-7)10-3-8(12(13,14)15)2-9(4-10)16-6-18/h2,5-9,11H,3-4H2,1H3,(H,18,19,20);2-4,6-7H,5H2,1H3,(H,16,18). The lowest BCUT2D eigenvalue weighted by Crippen LogP contribution is -2.24. The number of cyclic esters (lactones) is 1. The van der Waals surface area contributed by atoms with Crippen LogP contribution in [0.15, 0.2) is 54.7 Å². The van der Waals surface area contributed by atoms with Crippen molar-refractivity contribution < 1.29 is 41.4 Å². The normalized spacial score (nSPS) is 16.3. The number of aromatic nitrogens is 1. The molecular formula is C28H26F4N4O5. The third kappa shape index (κ3) is 7.93. The van der Waals surface area contributed by atoms with E-state index in [1.807, 2.05) is 6.92 Å². The fourth-order valence-corrected chi connectivity index (χ4v) is 3.83. The smallest absolute Gasteiger partial charge is 0.416 e. The minimum absolute atomic E-state index is 0.0264. The van der Waals surface area contributed by atoms with Gasteiger partial charge >= 0.3 is 12.3 Å². The van der Waals surface area contributed by atoms with Gasteiger partial charge in [-0.1, -0.05) is 6.07 Å². The van der Waals surface area contributed by atoms with Crippen molar-refractivity contribution in [1.82, 2.24) is 4.98 Å². The van der Waals surface area contributed by atoms with Gasteiger partial charge in [-0.2, -0.15) is 13.2 Å². The van der Waals surface area contributed by atoms with Gasteiger partial charge in [0, 0.05) is 29.6 Å². The predicted molar refractivity (Wildman–Crippen MR) is 141 cm³/mol. The number of anilines is 3. The summed E-state index contributed by atoms with van der Waals surface area (Å²) in [6, 6.07) is 10.9. The Balaban J connectivity index is 0.000000189. The summed E-state index contributed by atoms with van der Waals surface area (Å²) in [5.41, 5.74) is -0.144. The molecule has 216 valence electrons. The number of hydrogen-bond acceptors (Lipinski definition) is 6. The fourth-order valence-electron chi connectivity index (χ4n) is 3.83. The molecule has 1 saturated carbocycles. The number of halogens is 4. The third-order valence-electron chi connectivity index (χ3n) is 5.99. The van der Waals surface area contributed by atoms with Crippen molar-refractivity contribution in [3.63, 3.8) is 0 Å². The van der Waals surface area contributed by atoms with Crippen LogP contribution in [0.1, 0.15) is 30.9 Å². The lowest BCUT2D eigenvalue weighted by molar-refractivity contribution is -0.137. The Morgan fingerprint density at radius 3 is 2.51 bits per heavy atom. The summed E-state index contributed by atoms with van der Waals surface area (Å²) in [4.78, 5) is 38.8. The van der Waals surface area contributed by atoms with Crippen LogP contribution in [0.4, 0.5) is 39.5 Å². The zero-order chi connectivity index (χ0) is 29.7. The van der Waals surface area contributed by atoms with Crippen LogP contribution in [-0.4, -0.2) is 36.0 Å². The molecule has 0 radical (unpaired) electrons. The van der Waals surface area contributed by atoms with Gasteiger partial charge < -0.3 is 20.1 Å². The summed E-state index contributed by atoms with van der Waals surface area (Å²) < 4.78 is 62.5. The Morgan fingerprint density at radius 1 is 1.15 bits per heavy atom. The molecule has 0 bridgehead atoms. The topological polar surface area (TPSA) is 110 Å². The first-order chi connectivity index (χ1) is 19.4. The van der Waals surface area contributed by atoms with Crippen LogP contribution in [0.3, 0.4) is 0 Å². The highest BCUT2D eigenvalue weighted by Gasteiger charge is 2.35. The highest BCUT2D eigenvalue weighted by atomic mass is 19.4. The second kappa shape index (κ2) is 12.2. The number of alkyl halides is 3. The monoisotopic (exact) mass is 574 g/mol. The molecule has 13 heteroatoms. The van der Waals surface area contributed by atoms with E-state index in [0.29, 0.717) is 11.6 Å². The van der Waals surface area contributed by atoms with Crippen LogP contribution < -0.4 is 20.3 Å². The number of aryl methyl sites for hydroxylation is 1. The quantitative estimate of drug-likeness (QED) is 0.254. The first-order valence-corrected chi connectivity index (χ1v) is 12.5. The van der Waals surface area contributed by atoms with E-state index < -0.39 is 29.8 Å². The number of carbonyl (C=O) groups is 3. The summed E-state index contributed by atoms with van der Waals surface area (Å²) in [5.74, 6) is 0.643. The number of rotatable bonds is 7. The summed E-state index contributed by atoms with van der Waals surface area (Å²) in [6.07, 6.45) is -2.06.